The van der Waals surface area contributed by atoms with Gasteiger partial charge in [0, 0.05) is 12.5 Å². The molecule has 4 nitrogen and oxygen atoms in total. The van der Waals surface area contributed by atoms with Gasteiger partial charge >= 0.3 is 5.97 Å². The minimum Gasteiger partial charge on any atom is -0.478 e. The van der Waals surface area contributed by atoms with E-state index in [-0.39, 0.29) is 5.82 Å². The first-order valence-electron chi connectivity index (χ1n) is 7.40. The van der Waals surface area contributed by atoms with Gasteiger partial charge in [-0.15, -0.1) is 0 Å². The van der Waals surface area contributed by atoms with Crippen LogP contribution in [0.4, 0.5) is 4.39 Å². The zero-order valence-corrected chi connectivity index (χ0v) is 12.7. The fourth-order valence-electron chi connectivity index (χ4n) is 2.34. The first-order chi connectivity index (χ1) is 11.6. The number of H-pyrrole nitrogens is 1. The van der Waals surface area contributed by atoms with Gasteiger partial charge in [0.05, 0.1) is 11.9 Å². The number of aromatic amines is 1. The summed E-state index contributed by atoms with van der Waals surface area (Å²) in [6, 6.07) is 13.8. The highest BCUT2D eigenvalue weighted by atomic mass is 19.1. The number of imidazole rings is 1. The van der Waals surface area contributed by atoms with E-state index in [4.69, 9.17) is 5.11 Å². The Morgan fingerprint density at radius 1 is 1.12 bits per heavy atom. The molecule has 0 fully saturated rings. The van der Waals surface area contributed by atoms with Crippen molar-refractivity contribution in [2.75, 3.05) is 0 Å². The van der Waals surface area contributed by atoms with E-state index in [9.17, 15) is 9.18 Å². The first kappa shape index (κ1) is 15.7. The van der Waals surface area contributed by atoms with Crippen LogP contribution in [0.1, 0.15) is 17.0 Å². The number of aromatic nitrogens is 2. The van der Waals surface area contributed by atoms with Crippen LogP contribution in [0.3, 0.4) is 0 Å². The van der Waals surface area contributed by atoms with Crippen molar-refractivity contribution in [1.29, 1.82) is 0 Å². The van der Waals surface area contributed by atoms with E-state index in [0.717, 1.165) is 34.3 Å². The van der Waals surface area contributed by atoms with Crippen LogP contribution in [-0.4, -0.2) is 21.0 Å². The Hall–Kier alpha value is -3.21. The van der Waals surface area contributed by atoms with Gasteiger partial charge in [-0.2, -0.15) is 0 Å². The second-order valence-corrected chi connectivity index (χ2v) is 5.34. The standard InChI is InChI=1S/C19H15FN2O2/c20-16-8-6-15(7-9-16)17-12-21-18(22-17)11-14-3-1-13(2-4-14)5-10-19(23)24/h1-10,12H,11H2,(H,21,22)(H,23,24)/b10-5+. The zero-order valence-electron chi connectivity index (χ0n) is 12.7. The summed E-state index contributed by atoms with van der Waals surface area (Å²) < 4.78 is 13.0. The smallest absolute Gasteiger partial charge is 0.328 e. The molecule has 0 radical (unpaired) electrons. The van der Waals surface area contributed by atoms with E-state index in [1.807, 2.05) is 24.3 Å². The average Bonchev–Trinajstić information content (AvgIpc) is 3.03. The molecule has 1 aromatic heterocycles. The second kappa shape index (κ2) is 6.91. The Labute approximate surface area is 138 Å². The van der Waals surface area contributed by atoms with E-state index in [1.165, 1.54) is 12.1 Å². The molecule has 3 rings (SSSR count). The van der Waals surface area contributed by atoms with E-state index in [1.54, 1.807) is 24.4 Å². The van der Waals surface area contributed by atoms with Crippen LogP contribution >= 0.6 is 0 Å². The zero-order chi connectivity index (χ0) is 16.9. The topological polar surface area (TPSA) is 66.0 Å². The third-order valence-electron chi connectivity index (χ3n) is 3.55. The Balaban J connectivity index is 1.70. The molecular formula is C19H15FN2O2. The highest BCUT2D eigenvalue weighted by Crippen LogP contribution is 2.18. The summed E-state index contributed by atoms with van der Waals surface area (Å²) in [4.78, 5) is 18.1. The number of carbonyl (C=O) groups is 1. The molecule has 1 heterocycles. The lowest BCUT2D eigenvalue weighted by Gasteiger charge is -2.00. The number of hydrogen-bond acceptors (Lipinski definition) is 2. The lowest BCUT2D eigenvalue weighted by atomic mass is 10.1. The van der Waals surface area contributed by atoms with Gasteiger partial charge in [0.15, 0.2) is 0 Å². The van der Waals surface area contributed by atoms with Crippen molar-refractivity contribution in [3.8, 4) is 11.3 Å². The van der Waals surface area contributed by atoms with Gasteiger partial charge in [-0.05, 0) is 47.0 Å². The number of carboxylic acids is 1. The predicted molar refractivity (Wildman–Crippen MR) is 89.9 cm³/mol. The maximum atomic E-state index is 13.0. The van der Waals surface area contributed by atoms with Gasteiger partial charge in [0.25, 0.3) is 0 Å². The van der Waals surface area contributed by atoms with Gasteiger partial charge < -0.3 is 10.1 Å². The molecule has 3 aromatic rings. The molecule has 0 saturated heterocycles. The molecule has 0 atom stereocenters. The summed E-state index contributed by atoms with van der Waals surface area (Å²) in [6.07, 6.45) is 5.01. The van der Waals surface area contributed by atoms with Crippen molar-refractivity contribution in [1.82, 2.24) is 9.97 Å². The Bertz CT molecular complexity index is 865. The molecule has 0 saturated carbocycles. The molecule has 120 valence electrons. The average molecular weight is 322 g/mol. The quantitative estimate of drug-likeness (QED) is 0.700. The summed E-state index contributed by atoms with van der Waals surface area (Å²) >= 11 is 0. The molecule has 0 unspecified atom stereocenters. The number of hydrogen-bond donors (Lipinski definition) is 2. The van der Waals surface area contributed by atoms with Crippen molar-refractivity contribution in [2.45, 2.75) is 6.42 Å². The lowest BCUT2D eigenvalue weighted by molar-refractivity contribution is -0.131. The molecule has 5 heteroatoms. The van der Waals surface area contributed by atoms with Gasteiger partial charge in [-0.1, -0.05) is 24.3 Å². The molecule has 2 N–H and O–H groups in total. The normalized spacial score (nSPS) is 11.0. The van der Waals surface area contributed by atoms with Crippen LogP contribution in [0.15, 0.2) is 60.8 Å². The van der Waals surface area contributed by atoms with E-state index < -0.39 is 5.97 Å². The summed E-state index contributed by atoms with van der Waals surface area (Å²) in [5.41, 5.74) is 3.60. The van der Waals surface area contributed by atoms with Crippen LogP contribution in [-0.2, 0) is 11.2 Å². The number of benzene rings is 2. The number of carboxylic acid groups (broad SMARTS) is 1. The molecule has 0 spiro atoms. The summed E-state index contributed by atoms with van der Waals surface area (Å²) in [5, 5.41) is 8.62. The van der Waals surface area contributed by atoms with E-state index in [0.29, 0.717) is 6.42 Å². The molecule has 24 heavy (non-hydrogen) atoms. The number of nitrogens with zero attached hydrogens (tertiary/aromatic N) is 1. The van der Waals surface area contributed by atoms with E-state index in [2.05, 4.69) is 9.97 Å². The van der Waals surface area contributed by atoms with Gasteiger partial charge in [0.1, 0.15) is 11.6 Å². The fraction of sp³-hybridized carbons (Fsp3) is 0.0526. The summed E-state index contributed by atoms with van der Waals surface area (Å²) in [5.74, 6) is -0.429. The van der Waals surface area contributed by atoms with Crippen LogP contribution < -0.4 is 0 Å². The number of rotatable bonds is 5. The van der Waals surface area contributed by atoms with Crippen LogP contribution in [0.2, 0.25) is 0 Å². The van der Waals surface area contributed by atoms with Crippen LogP contribution in [0, 0.1) is 5.82 Å². The minimum absolute atomic E-state index is 0.268. The highest BCUT2D eigenvalue weighted by Gasteiger charge is 2.05. The van der Waals surface area contributed by atoms with E-state index >= 15 is 0 Å². The summed E-state index contributed by atoms with van der Waals surface area (Å²) in [7, 11) is 0. The van der Waals surface area contributed by atoms with Crippen LogP contribution in [0.5, 0.6) is 0 Å². The molecule has 0 aliphatic carbocycles. The third kappa shape index (κ3) is 3.95. The number of halogens is 1. The Kier molecular flexibility index (Phi) is 4.52. The van der Waals surface area contributed by atoms with Gasteiger partial charge in [-0.25, -0.2) is 14.2 Å². The number of aliphatic carboxylic acids is 1. The molecule has 2 aromatic carbocycles. The molecular weight excluding hydrogens is 307 g/mol. The van der Waals surface area contributed by atoms with Crippen molar-refractivity contribution < 1.29 is 14.3 Å². The maximum Gasteiger partial charge on any atom is 0.328 e. The van der Waals surface area contributed by atoms with Crippen molar-refractivity contribution in [3.63, 3.8) is 0 Å². The fourth-order valence-corrected chi connectivity index (χ4v) is 2.34. The second-order valence-electron chi connectivity index (χ2n) is 5.34. The monoisotopic (exact) mass is 322 g/mol. The molecule has 0 amide bonds. The number of nitrogens with one attached hydrogen (secondary N) is 1. The maximum absolute atomic E-state index is 13.0. The van der Waals surface area contributed by atoms with Gasteiger partial charge in [-0.3, -0.25) is 0 Å². The first-order valence-corrected chi connectivity index (χ1v) is 7.40. The molecule has 0 aliphatic heterocycles. The third-order valence-corrected chi connectivity index (χ3v) is 3.55. The predicted octanol–water partition coefficient (Wildman–Crippen LogP) is 3.90. The van der Waals surface area contributed by atoms with Crippen molar-refractivity contribution in [2.24, 2.45) is 0 Å². The highest BCUT2D eigenvalue weighted by molar-refractivity contribution is 5.85. The molecule has 0 aliphatic rings. The largest absolute Gasteiger partial charge is 0.478 e. The van der Waals surface area contributed by atoms with Gasteiger partial charge in [0.2, 0.25) is 0 Å². The Morgan fingerprint density at radius 3 is 2.50 bits per heavy atom. The van der Waals surface area contributed by atoms with Crippen LogP contribution in [0.25, 0.3) is 17.3 Å². The molecule has 0 bridgehead atoms. The van der Waals surface area contributed by atoms with Crippen molar-refractivity contribution >= 4 is 12.0 Å². The Morgan fingerprint density at radius 2 is 1.83 bits per heavy atom. The SMILES string of the molecule is O=C(O)/C=C/c1ccc(Cc2ncc(-c3ccc(F)cc3)[nH]2)cc1. The summed E-state index contributed by atoms with van der Waals surface area (Å²) in [6.45, 7) is 0. The van der Waals surface area contributed by atoms with Crippen molar-refractivity contribution in [3.05, 3.63) is 83.6 Å². The lowest BCUT2D eigenvalue weighted by Crippen LogP contribution is -1.91. The minimum atomic E-state index is -0.969.